The van der Waals surface area contributed by atoms with E-state index in [-0.39, 0.29) is 17.5 Å². The fourth-order valence-electron chi connectivity index (χ4n) is 4.46. The SMILES string of the molecule is O=C(O)c1ccc(C=CC(=O)N2CCc3c([nH]c4ccccc34)C2c2ccccc2)cc1. The smallest absolute Gasteiger partial charge is 0.335 e. The number of para-hydroxylation sites is 1. The number of carbonyl (C=O) groups is 2. The van der Waals surface area contributed by atoms with Crippen molar-refractivity contribution in [1.82, 2.24) is 9.88 Å². The van der Waals surface area contributed by atoms with E-state index in [1.54, 1.807) is 24.3 Å². The molecule has 0 aliphatic carbocycles. The zero-order valence-corrected chi connectivity index (χ0v) is 17.4. The first-order valence-corrected chi connectivity index (χ1v) is 10.6. The molecule has 0 radical (unpaired) electrons. The molecule has 2 heterocycles. The minimum atomic E-state index is -0.968. The summed E-state index contributed by atoms with van der Waals surface area (Å²) in [6.45, 7) is 0.621. The summed E-state index contributed by atoms with van der Waals surface area (Å²) in [6.07, 6.45) is 4.09. The van der Waals surface area contributed by atoms with Gasteiger partial charge in [0.25, 0.3) is 0 Å². The Kier molecular flexibility index (Phi) is 5.07. The Hall–Kier alpha value is -4.12. The molecule has 3 aromatic carbocycles. The van der Waals surface area contributed by atoms with Gasteiger partial charge in [0.2, 0.25) is 5.91 Å². The fourth-order valence-corrected chi connectivity index (χ4v) is 4.46. The lowest BCUT2D eigenvalue weighted by Gasteiger charge is -2.35. The molecule has 5 heteroatoms. The number of benzene rings is 3. The van der Waals surface area contributed by atoms with Crippen molar-refractivity contribution in [3.05, 3.63) is 113 Å². The number of aromatic amines is 1. The highest BCUT2D eigenvalue weighted by atomic mass is 16.4. The Labute approximate surface area is 185 Å². The predicted octanol–water partition coefficient (Wildman–Crippen LogP) is 5.05. The molecule has 1 amide bonds. The van der Waals surface area contributed by atoms with Gasteiger partial charge in [0.1, 0.15) is 0 Å². The van der Waals surface area contributed by atoms with Crippen molar-refractivity contribution >= 4 is 28.9 Å². The first kappa shape index (κ1) is 19.8. The highest BCUT2D eigenvalue weighted by Gasteiger charge is 2.33. The number of hydrogen-bond acceptors (Lipinski definition) is 2. The van der Waals surface area contributed by atoms with Crippen LogP contribution in [0.1, 0.15) is 38.8 Å². The van der Waals surface area contributed by atoms with E-state index in [9.17, 15) is 9.59 Å². The molecule has 2 N–H and O–H groups in total. The van der Waals surface area contributed by atoms with E-state index in [4.69, 9.17) is 5.11 Å². The number of aromatic carboxylic acids is 1. The fraction of sp³-hybridized carbons (Fsp3) is 0.111. The van der Waals surface area contributed by atoms with E-state index in [0.717, 1.165) is 28.8 Å². The topological polar surface area (TPSA) is 73.4 Å². The summed E-state index contributed by atoms with van der Waals surface area (Å²) in [6, 6.07) is 24.6. The first-order valence-electron chi connectivity index (χ1n) is 10.6. The van der Waals surface area contributed by atoms with Gasteiger partial charge in [-0.3, -0.25) is 4.79 Å². The van der Waals surface area contributed by atoms with Gasteiger partial charge in [-0.05, 0) is 47.4 Å². The lowest BCUT2D eigenvalue weighted by molar-refractivity contribution is -0.128. The molecule has 0 bridgehead atoms. The van der Waals surface area contributed by atoms with E-state index in [0.29, 0.717) is 6.54 Å². The molecule has 1 aliphatic heterocycles. The maximum Gasteiger partial charge on any atom is 0.335 e. The van der Waals surface area contributed by atoms with E-state index in [1.807, 2.05) is 35.2 Å². The lowest BCUT2D eigenvalue weighted by Crippen LogP contribution is -2.39. The molecule has 1 aromatic heterocycles. The molecule has 4 aromatic rings. The molecular weight excluding hydrogens is 400 g/mol. The predicted molar refractivity (Wildman–Crippen MR) is 124 cm³/mol. The van der Waals surface area contributed by atoms with Crippen molar-refractivity contribution in [1.29, 1.82) is 0 Å². The number of nitrogens with zero attached hydrogens (tertiary/aromatic N) is 1. The summed E-state index contributed by atoms with van der Waals surface area (Å²) in [4.78, 5) is 29.8. The third kappa shape index (κ3) is 3.58. The van der Waals surface area contributed by atoms with Crippen LogP contribution in [0.4, 0.5) is 0 Å². The van der Waals surface area contributed by atoms with Crippen LogP contribution in [0.3, 0.4) is 0 Å². The summed E-state index contributed by atoms with van der Waals surface area (Å²) in [5, 5.41) is 10.3. The zero-order valence-electron chi connectivity index (χ0n) is 17.4. The molecule has 1 atom stereocenters. The zero-order chi connectivity index (χ0) is 22.1. The Morgan fingerprint density at radius 3 is 2.41 bits per heavy atom. The third-order valence-electron chi connectivity index (χ3n) is 6.01. The lowest BCUT2D eigenvalue weighted by atomic mass is 9.92. The number of nitrogens with one attached hydrogen (secondary N) is 1. The number of hydrogen-bond donors (Lipinski definition) is 2. The number of fused-ring (bicyclic) bond motifs is 3. The average Bonchev–Trinajstić information content (AvgIpc) is 3.21. The maximum absolute atomic E-state index is 13.3. The van der Waals surface area contributed by atoms with Crippen LogP contribution in [-0.2, 0) is 11.2 Å². The van der Waals surface area contributed by atoms with Crippen LogP contribution in [0, 0.1) is 0 Å². The number of carboxylic acid groups (broad SMARTS) is 1. The minimum absolute atomic E-state index is 0.0783. The Balaban J connectivity index is 1.49. The second-order valence-electron chi connectivity index (χ2n) is 7.92. The maximum atomic E-state index is 13.3. The van der Waals surface area contributed by atoms with Gasteiger partial charge in [-0.25, -0.2) is 4.79 Å². The van der Waals surface area contributed by atoms with Crippen LogP contribution in [0.5, 0.6) is 0 Å². The van der Waals surface area contributed by atoms with Crippen LogP contribution in [0.25, 0.3) is 17.0 Å². The van der Waals surface area contributed by atoms with E-state index in [1.165, 1.54) is 23.1 Å². The van der Waals surface area contributed by atoms with Gasteiger partial charge < -0.3 is 15.0 Å². The largest absolute Gasteiger partial charge is 0.478 e. The number of amides is 1. The van der Waals surface area contributed by atoms with E-state index in [2.05, 4.69) is 29.2 Å². The van der Waals surface area contributed by atoms with Crippen LogP contribution in [0.2, 0.25) is 0 Å². The third-order valence-corrected chi connectivity index (χ3v) is 6.01. The quantitative estimate of drug-likeness (QED) is 0.452. The second kappa shape index (κ2) is 8.19. The average molecular weight is 422 g/mol. The van der Waals surface area contributed by atoms with Gasteiger partial charge >= 0.3 is 5.97 Å². The molecule has 32 heavy (non-hydrogen) atoms. The summed E-state index contributed by atoms with van der Waals surface area (Å²) >= 11 is 0. The van der Waals surface area contributed by atoms with Crippen LogP contribution < -0.4 is 0 Å². The van der Waals surface area contributed by atoms with Crippen molar-refractivity contribution in [2.75, 3.05) is 6.54 Å². The Bertz CT molecular complexity index is 1320. The van der Waals surface area contributed by atoms with Crippen molar-refractivity contribution in [3.8, 4) is 0 Å². The normalized spacial score (nSPS) is 15.8. The monoisotopic (exact) mass is 422 g/mol. The number of rotatable bonds is 4. The van der Waals surface area contributed by atoms with Gasteiger partial charge in [-0.1, -0.05) is 60.7 Å². The molecule has 1 aliphatic rings. The molecule has 0 fully saturated rings. The van der Waals surface area contributed by atoms with Gasteiger partial charge in [0, 0.05) is 29.2 Å². The van der Waals surface area contributed by atoms with Crippen molar-refractivity contribution in [3.63, 3.8) is 0 Å². The van der Waals surface area contributed by atoms with Gasteiger partial charge in [0.05, 0.1) is 11.6 Å². The van der Waals surface area contributed by atoms with Crippen LogP contribution in [-0.4, -0.2) is 33.4 Å². The summed E-state index contributed by atoms with van der Waals surface area (Å²) < 4.78 is 0. The Morgan fingerprint density at radius 2 is 1.66 bits per heavy atom. The standard InChI is InChI=1S/C27H22N2O3/c30-24(15-12-18-10-13-20(14-11-18)27(31)32)29-17-16-22-21-8-4-5-9-23(21)28-25(22)26(29)19-6-2-1-3-7-19/h1-15,26,28H,16-17H2,(H,31,32). The van der Waals surface area contributed by atoms with Crippen molar-refractivity contribution in [2.45, 2.75) is 12.5 Å². The van der Waals surface area contributed by atoms with Gasteiger partial charge in [0.15, 0.2) is 0 Å². The molecule has 0 spiro atoms. The summed E-state index contributed by atoms with van der Waals surface area (Å²) in [5.41, 5.74) is 5.49. The van der Waals surface area contributed by atoms with E-state index >= 15 is 0 Å². The molecule has 0 saturated heterocycles. The summed E-state index contributed by atoms with van der Waals surface area (Å²) in [7, 11) is 0. The molecule has 158 valence electrons. The number of carboxylic acids is 1. The molecule has 5 rings (SSSR count). The minimum Gasteiger partial charge on any atom is -0.478 e. The first-order chi connectivity index (χ1) is 15.6. The van der Waals surface area contributed by atoms with Crippen molar-refractivity contribution in [2.24, 2.45) is 0 Å². The summed E-state index contributed by atoms with van der Waals surface area (Å²) in [5.74, 6) is -1.05. The number of aromatic nitrogens is 1. The molecule has 0 saturated carbocycles. The molecule has 1 unspecified atom stereocenters. The van der Waals surface area contributed by atoms with Crippen LogP contribution in [0.15, 0.2) is 84.9 Å². The molecular formula is C27H22N2O3. The van der Waals surface area contributed by atoms with Crippen LogP contribution >= 0.6 is 0 Å². The Morgan fingerprint density at radius 1 is 0.938 bits per heavy atom. The number of H-pyrrole nitrogens is 1. The number of carbonyl (C=O) groups excluding carboxylic acids is 1. The molecule has 5 nitrogen and oxygen atoms in total. The van der Waals surface area contributed by atoms with Gasteiger partial charge in [-0.2, -0.15) is 0 Å². The van der Waals surface area contributed by atoms with E-state index < -0.39 is 5.97 Å². The van der Waals surface area contributed by atoms with Gasteiger partial charge in [-0.15, -0.1) is 0 Å². The highest BCUT2D eigenvalue weighted by molar-refractivity contribution is 5.94. The van der Waals surface area contributed by atoms with Crippen molar-refractivity contribution < 1.29 is 14.7 Å². The second-order valence-corrected chi connectivity index (χ2v) is 7.92. The highest BCUT2D eigenvalue weighted by Crippen LogP contribution is 2.38.